The quantitative estimate of drug-likeness (QED) is 0.472. The minimum atomic E-state index is 0. The van der Waals surface area contributed by atoms with Gasteiger partial charge in [-0.1, -0.05) is 0 Å². The fourth-order valence-electron chi connectivity index (χ4n) is 1.08. The molecular formula is C6H16CaN2O. The van der Waals surface area contributed by atoms with Gasteiger partial charge in [0.15, 0.2) is 0 Å². The Morgan fingerprint density at radius 1 is 1.30 bits per heavy atom. The Labute approximate surface area is 91.8 Å². The first-order valence-corrected chi connectivity index (χ1v) is 3.47. The molecule has 0 aromatic carbocycles. The zero-order chi connectivity index (χ0) is 6.53. The summed E-state index contributed by atoms with van der Waals surface area (Å²) in [5.74, 6) is 0. The standard InChI is InChI=1S/C6H14N2O.Ca.2H/c9-6-5-8-3-1-7-2-4-8;;;/h7,9H,1-6H2;;;. The van der Waals surface area contributed by atoms with Crippen LogP contribution in [0.3, 0.4) is 0 Å². The molecule has 0 aliphatic carbocycles. The molecule has 0 radical (unpaired) electrons. The third-order valence-corrected chi connectivity index (χ3v) is 1.63. The Kier molecular flexibility index (Phi) is 7.60. The van der Waals surface area contributed by atoms with Crippen molar-refractivity contribution in [2.45, 2.75) is 0 Å². The molecular weight excluding hydrogens is 156 g/mol. The van der Waals surface area contributed by atoms with Crippen LogP contribution in [0.4, 0.5) is 0 Å². The van der Waals surface area contributed by atoms with Crippen LogP contribution in [0.5, 0.6) is 0 Å². The zero-order valence-corrected chi connectivity index (χ0v) is 5.64. The van der Waals surface area contributed by atoms with Crippen molar-refractivity contribution in [3.63, 3.8) is 0 Å². The fraction of sp³-hybridized carbons (Fsp3) is 1.00. The van der Waals surface area contributed by atoms with Gasteiger partial charge < -0.3 is 10.4 Å². The first-order chi connectivity index (χ1) is 4.43. The van der Waals surface area contributed by atoms with E-state index in [1.165, 1.54) is 0 Å². The normalized spacial score (nSPS) is 20.1. The van der Waals surface area contributed by atoms with Gasteiger partial charge in [-0.15, -0.1) is 0 Å². The van der Waals surface area contributed by atoms with Crippen molar-refractivity contribution in [1.82, 2.24) is 10.2 Å². The number of piperazine rings is 1. The van der Waals surface area contributed by atoms with Gasteiger partial charge in [-0.3, -0.25) is 4.90 Å². The fourth-order valence-corrected chi connectivity index (χ4v) is 1.08. The van der Waals surface area contributed by atoms with Crippen LogP contribution in [-0.2, 0) is 0 Å². The van der Waals surface area contributed by atoms with Gasteiger partial charge >= 0.3 is 37.7 Å². The van der Waals surface area contributed by atoms with Gasteiger partial charge in [-0.25, -0.2) is 0 Å². The third kappa shape index (κ3) is 4.11. The van der Waals surface area contributed by atoms with E-state index >= 15 is 0 Å². The molecule has 1 aliphatic heterocycles. The zero-order valence-electron chi connectivity index (χ0n) is 5.64. The molecule has 1 heterocycles. The molecule has 0 aromatic rings. The van der Waals surface area contributed by atoms with Crippen LogP contribution in [0.15, 0.2) is 0 Å². The van der Waals surface area contributed by atoms with E-state index in [4.69, 9.17) is 5.11 Å². The van der Waals surface area contributed by atoms with Crippen molar-refractivity contribution in [3.8, 4) is 0 Å². The Hall–Kier alpha value is 1.14. The van der Waals surface area contributed by atoms with Crippen LogP contribution in [0.25, 0.3) is 0 Å². The van der Waals surface area contributed by atoms with Crippen LogP contribution in [-0.4, -0.2) is 87.1 Å². The molecule has 10 heavy (non-hydrogen) atoms. The Morgan fingerprint density at radius 3 is 2.40 bits per heavy atom. The summed E-state index contributed by atoms with van der Waals surface area (Å²) in [6.07, 6.45) is 0. The summed E-state index contributed by atoms with van der Waals surface area (Å²) in [6.45, 7) is 5.43. The molecule has 3 nitrogen and oxygen atoms in total. The van der Waals surface area contributed by atoms with E-state index < -0.39 is 0 Å². The molecule has 4 heteroatoms. The van der Waals surface area contributed by atoms with E-state index in [2.05, 4.69) is 10.2 Å². The molecule has 0 amide bonds. The molecule has 0 saturated carbocycles. The molecule has 1 aliphatic rings. The number of hydrogen-bond acceptors (Lipinski definition) is 3. The van der Waals surface area contributed by atoms with E-state index in [9.17, 15) is 0 Å². The average molecular weight is 172 g/mol. The first kappa shape index (κ1) is 11.1. The van der Waals surface area contributed by atoms with E-state index in [0.29, 0.717) is 6.61 Å². The SMILES string of the molecule is OCCN1CCNCC1.[CaH2]. The van der Waals surface area contributed by atoms with Crippen molar-refractivity contribution >= 4 is 37.7 Å². The Balaban J connectivity index is 0.000000810. The van der Waals surface area contributed by atoms with Crippen LogP contribution in [0, 0.1) is 0 Å². The van der Waals surface area contributed by atoms with Crippen LogP contribution in [0.2, 0.25) is 0 Å². The number of nitrogens with one attached hydrogen (secondary N) is 1. The number of β-amino-alcohol motifs (C(OH)–C–C–N with tert-alkyl or cyclic N) is 1. The maximum atomic E-state index is 8.56. The van der Waals surface area contributed by atoms with Crippen molar-refractivity contribution in [2.24, 2.45) is 0 Å². The van der Waals surface area contributed by atoms with E-state index in [1.54, 1.807) is 0 Å². The number of nitrogens with zero attached hydrogens (tertiary/aromatic N) is 1. The monoisotopic (exact) mass is 172 g/mol. The molecule has 0 spiro atoms. The van der Waals surface area contributed by atoms with Gasteiger partial charge in [-0.2, -0.15) is 0 Å². The second kappa shape index (κ2) is 6.83. The summed E-state index contributed by atoms with van der Waals surface area (Å²) in [5.41, 5.74) is 0. The number of rotatable bonds is 2. The van der Waals surface area contributed by atoms with Gasteiger partial charge in [0, 0.05) is 32.7 Å². The molecule has 0 bridgehead atoms. The molecule has 0 aromatic heterocycles. The molecule has 0 atom stereocenters. The van der Waals surface area contributed by atoms with E-state index in [1.807, 2.05) is 0 Å². The third-order valence-electron chi connectivity index (χ3n) is 1.63. The molecule has 0 unspecified atom stereocenters. The predicted molar refractivity (Wildman–Crippen MR) is 44.9 cm³/mol. The summed E-state index contributed by atoms with van der Waals surface area (Å²) in [4.78, 5) is 2.26. The van der Waals surface area contributed by atoms with Crippen LogP contribution < -0.4 is 5.32 Å². The number of aliphatic hydroxyl groups excluding tert-OH is 1. The molecule has 1 saturated heterocycles. The van der Waals surface area contributed by atoms with E-state index in [0.717, 1.165) is 32.7 Å². The molecule has 58 valence electrons. The van der Waals surface area contributed by atoms with E-state index in [-0.39, 0.29) is 37.7 Å². The van der Waals surface area contributed by atoms with Crippen LogP contribution in [0.1, 0.15) is 0 Å². The molecule has 1 rings (SSSR count). The minimum absolute atomic E-state index is 0. The summed E-state index contributed by atoms with van der Waals surface area (Å²) in [6, 6.07) is 0. The number of hydrogen-bond donors (Lipinski definition) is 2. The summed E-state index contributed by atoms with van der Waals surface area (Å²) < 4.78 is 0. The van der Waals surface area contributed by atoms with Gasteiger partial charge in [0.1, 0.15) is 0 Å². The summed E-state index contributed by atoms with van der Waals surface area (Å²) in [7, 11) is 0. The maximum absolute atomic E-state index is 8.56. The van der Waals surface area contributed by atoms with Gasteiger partial charge in [0.25, 0.3) is 0 Å². The van der Waals surface area contributed by atoms with Gasteiger partial charge in [0.2, 0.25) is 0 Å². The van der Waals surface area contributed by atoms with Gasteiger partial charge in [0.05, 0.1) is 6.61 Å². The second-order valence-electron chi connectivity index (χ2n) is 2.32. The van der Waals surface area contributed by atoms with Gasteiger partial charge in [-0.05, 0) is 0 Å². The number of aliphatic hydroxyl groups is 1. The average Bonchev–Trinajstić information content (AvgIpc) is 1.91. The Bertz CT molecular complexity index is 73.4. The molecule has 2 N–H and O–H groups in total. The second-order valence-corrected chi connectivity index (χ2v) is 2.32. The van der Waals surface area contributed by atoms with Crippen molar-refractivity contribution in [3.05, 3.63) is 0 Å². The van der Waals surface area contributed by atoms with Crippen LogP contribution >= 0.6 is 0 Å². The first-order valence-electron chi connectivity index (χ1n) is 3.47. The molecule has 1 fully saturated rings. The van der Waals surface area contributed by atoms with Crippen molar-refractivity contribution in [1.29, 1.82) is 0 Å². The predicted octanol–water partition coefficient (Wildman–Crippen LogP) is -2.03. The Morgan fingerprint density at radius 2 is 1.90 bits per heavy atom. The summed E-state index contributed by atoms with van der Waals surface area (Å²) in [5, 5.41) is 11.8. The van der Waals surface area contributed by atoms with Crippen molar-refractivity contribution in [2.75, 3.05) is 39.3 Å². The summed E-state index contributed by atoms with van der Waals surface area (Å²) >= 11 is 0. The topological polar surface area (TPSA) is 35.5 Å². The van der Waals surface area contributed by atoms with Crippen molar-refractivity contribution < 1.29 is 5.11 Å².